The van der Waals surface area contributed by atoms with Gasteiger partial charge in [0.05, 0.1) is 0 Å². The fraction of sp³-hybridized carbons (Fsp3) is 0.545. The Bertz CT molecular complexity index is 637. The number of hydrogen-bond donors (Lipinski definition) is 2. The number of hydrogen-bond acceptors (Lipinski definition) is 4. The second kappa shape index (κ2) is 4.47. The van der Waals surface area contributed by atoms with E-state index < -0.39 is 33.2 Å². The van der Waals surface area contributed by atoms with Crippen LogP contribution in [0.1, 0.15) is 23.5 Å². The van der Waals surface area contributed by atoms with Crippen LogP contribution in [-0.4, -0.2) is 32.0 Å². The molecule has 1 atom stereocenters. The first-order chi connectivity index (χ1) is 9.00. The summed E-state index contributed by atoms with van der Waals surface area (Å²) in [6.07, 6.45) is 0. The fourth-order valence-electron chi connectivity index (χ4n) is 1.98. The molecule has 0 aromatic carbocycles. The monoisotopic (exact) mass is 325 g/mol. The molecule has 0 bridgehead atoms. The maximum absolute atomic E-state index is 13.4. The highest BCUT2D eigenvalue weighted by Gasteiger charge is 2.74. The average molecular weight is 325 g/mol. The van der Waals surface area contributed by atoms with Crippen LogP contribution in [0.25, 0.3) is 0 Å². The van der Waals surface area contributed by atoms with Crippen molar-refractivity contribution in [2.75, 3.05) is 6.54 Å². The van der Waals surface area contributed by atoms with Crippen LogP contribution in [0.4, 0.5) is 8.78 Å². The van der Waals surface area contributed by atoms with Gasteiger partial charge in [-0.05, 0) is 12.1 Å². The molecule has 9 heteroatoms. The zero-order chi connectivity index (χ0) is 15.3. The highest BCUT2D eigenvalue weighted by Crippen LogP contribution is 2.65. The van der Waals surface area contributed by atoms with E-state index in [9.17, 15) is 22.0 Å². The standard InChI is InChI=1S/C11H13F2NO4S2/c1-10(2)7(11(10,12)13)5-14-20(17,18)8-4-3-6(19-8)9(15)16/h3-4,7,14H,5H2,1-2H3,(H,15,16). The van der Waals surface area contributed by atoms with Gasteiger partial charge in [0.2, 0.25) is 10.0 Å². The lowest BCUT2D eigenvalue weighted by molar-refractivity contribution is 0.0669. The van der Waals surface area contributed by atoms with E-state index in [-0.39, 0.29) is 15.6 Å². The summed E-state index contributed by atoms with van der Waals surface area (Å²) in [6.45, 7) is 2.38. The van der Waals surface area contributed by atoms with E-state index >= 15 is 0 Å². The molecule has 0 aliphatic heterocycles. The highest BCUT2D eigenvalue weighted by molar-refractivity contribution is 7.91. The van der Waals surface area contributed by atoms with Crippen molar-refractivity contribution in [3.05, 3.63) is 17.0 Å². The van der Waals surface area contributed by atoms with Crippen LogP contribution in [0.15, 0.2) is 16.3 Å². The summed E-state index contributed by atoms with van der Waals surface area (Å²) in [4.78, 5) is 10.6. The molecular weight excluding hydrogens is 312 g/mol. The SMILES string of the molecule is CC1(C)C(CNS(=O)(=O)c2ccc(C(=O)O)s2)C1(F)F. The third-order valence-electron chi connectivity index (χ3n) is 3.62. The molecule has 1 unspecified atom stereocenters. The third-order valence-corrected chi connectivity index (χ3v) is 6.61. The van der Waals surface area contributed by atoms with Crippen molar-refractivity contribution in [1.29, 1.82) is 0 Å². The lowest BCUT2D eigenvalue weighted by atomic mass is 10.1. The summed E-state index contributed by atoms with van der Waals surface area (Å²) in [5, 5.41) is 8.73. The maximum Gasteiger partial charge on any atom is 0.345 e. The Hall–Kier alpha value is -1.06. The summed E-state index contributed by atoms with van der Waals surface area (Å²) in [6, 6.07) is 2.31. The predicted octanol–water partition coefficient (Wildman–Crippen LogP) is 2.02. The number of carboxylic acid groups (broad SMARTS) is 1. The van der Waals surface area contributed by atoms with Gasteiger partial charge in [-0.25, -0.2) is 26.7 Å². The number of sulfonamides is 1. The van der Waals surface area contributed by atoms with Crippen molar-refractivity contribution >= 4 is 27.3 Å². The number of aromatic carboxylic acids is 1. The number of carboxylic acids is 1. The lowest BCUT2D eigenvalue weighted by Gasteiger charge is -2.04. The van der Waals surface area contributed by atoms with Gasteiger partial charge in [0, 0.05) is 17.9 Å². The Labute approximate surface area is 118 Å². The minimum Gasteiger partial charge on any atom is -0.477 e. The number of thiophene rings is 1. The Kier molecular flexibility index (Phi) is 3.43. The zero-order valence-electron chi connectivity index (χ0n) is 10.7. The van der Waals surface area contributed by atoms with Crippen LogP contribution < -0.4 is 4.72 Å². The first-order valence-electron chi connectivity index (χ1n) is 5.71. The number of carbonyl (C=O) groups is 1. The van der Waals surface area contributed by atoms with Crippen molar-refractivity contribution < 1.29 is 27.1 Å². The molecule has 112 valence electrons. The zero-order valence-corrected chi connectivity index (χ0v) is 12.3. The van der Waals surface area contributed by atoms with E-state index in [0.717, 1.165) is 12.1 Å². The normalized spacial score (nSPS) is 23.5. The van der Waals surface area contributed by atoms with Crippen LogP contribution in [0, 0.1) is 11.3 Å². The maximum atomic E-state index is 13.4. The molecule has 20 heavy (non-hydrogen) atoms. The van der Waals surface area contributed by atoms with Crippen LogP contribution in [0.2, 0.25) is 0 Å². The van der Waals surface area contributed by atoms with Gasteiger partial charge in [0.15, 0.2) is 0 Å². The summed E-state index contributed by atoms with van der Waals surface area (Å²) >= 11 is 0.582. The number of alkyl halides is 2. The van der Waals surface area contributed by atoms with Gasteiger partial charge in [-0.1, -0.05) is 13.8 Å². The van der Waals surface area contributed by atoms with Gasteiger partial charge >= 0.3 is 5.97 Å². The number of rotatable bonds is 5. The summed E-state index contributed by atoms with van der Waals surface area (Å²) in [7, 11) is -3.96. The molecule has 1 saturated carbocycles. The molecule has 2 rings (SSSR count). The molecule has 0 radical (unpaired) electrons. The quantitative estimate of drug-likeness (QED) is 0.867. The second-order valence-corrected chi connectivity index (χ2v) is 8.25. The Morgan fingerprint density at radius 1 is 1.45 bits per heavy atom. The second-order valence-electron chi connectivity index (χ2n) is 5.17. The summed E-state index contributed by atoms with van der Waals surface area (Å²) in [5.74, 6) is -5.17. The molecule has 0 spiro atoms. The van der Waals surface area contributed by atoms with Crippen molar-refractivity contribution in [1.82, 2.24) is 4.72 Å². The van der Waals surface area contributed by atoms with Crippen LogP contribution in [0.3, 0.4) is 0 Å². The fourth-order valence-corrected chi connectivity index (χ4v) is 4.22. The van der Waals surface area contributed by atoms with Gasteiger partial charge in [-0.3, -0.25) is 0 Å². The third kappa shape index (κ3) is 2.33. The largest absolute Gasteiger partial charge is 0.477 e. The van der Waals surface area contributed by atoms with Gasteiger partial charge in [0.1, 0.15) is 9.09 Å². The smallest absolute Gasteiger partial charge is 0.345 e. The van der Waals surface area contributed by atoms with Gasteiger partial charge in [-0.2, -0.15) is 0 Å². The summed E-state index contributed by atoms with van der Waals surface area (Å²) < 4.78 is 52.4. The minimum absolute atomic E-state index is 0.123. The Balaban J connectivity index is 2.07. The van der Waals surface area contributed by atoms with E-state index in [4.69, 9.17) is 5.11 Å². The summed E-state index contributed by atoms with van der Waals surface area (Å²) in [5.41, 5.74) is -1.23. The molecule has 5 nitrogen and oxygen atoms in total. The van der Waals surface area contributed by atoms with Crippen LogP contribution in [-0.2, 0) is 10.0 Å². The minimum atomic E-state index is -3.96. The van der Waals surface area contributed by atoms with Crippen molar-refractivity contribution in [2.24, 2.45) is 11.3 Å². The molecule has 1 aromatic rings. The van der Waals surface area contributed by atoms with Gasteiger partial charge in [0.25, 0.3) is 5.92 Å². The van der Waals surface area contributed by atoms with Crippen molar-refractivity contribution in [3.8, 4) is 0 Å². The van der Waals surface area contributed by atoms with E-state index in [2.05, 4.69) is 4.72 Å². The first-order valence-corrected chi connectivity index (χ1v) is 8.01. The molecule has 1 aliphatic carbocycles. The number of halogens is 2. The van der Waals surface area contributed by atoms with Gasteiger partial charge in [-0.15, -0.1) is 11.3 Å². The van der Waals surface area contributed by atoms with Gasteiger partial charge < -0.3 is 5.11 Å². The number of nitrogens with one attached hydrogen (secondary N) is 1. The Morgan fingerprint density at radius 2 is 2.00 bits per heavy atom. The van der Waals surface area contributed by atoms with E-state index in [1.807, 2.05) is 0 Å². The van der Waals surface area contributed by atoms with Crippen molar-refractivity contribution in [2.45, 2.75) is 24.0 Å². The first kappa shape index (κ1) is 15.3. The molecule has 1 aliphatic rings. The predicted molar refractivity (Wildman–Crippen MR) is 68.7 cm³/mol. The Morgan fingerprint density at radius 3 is 2.40 bits per heavy atom. The van der Waals surface area contributed by atoms with E-state index in [1.165, 1.54) is 13.8 Å². The van der Waals surface area contributed by atoms with E-state index in [0.29, 0.717) is 11.3 Å². The van der Waals surface area contributed by atoms with Crippen molar-refractivity contribution in [3.63, 3.8) is 0 Å². The molecule has 0 saturated heterocycles. The molecule has 1 heterocycles. The van der Waals surface area contributed by atoms with E-state index in [1.54, 1.807) is 0 Å². The average Bonchev–Trinajstić information content (AvgIpc) is 2.73. The molecular formula is C11H13F2NO4S2. The topological polar surface area (TPSA) is 83.5 Å². The molecule has 0 amide bonds. The van der Waals surface area contributed by atoms with Crippen LogP contribution in [0.5, 0.6) is 0 Å². The highest BCUT2D eigenvalue weighted by atomic mass is 32.2. The lowest BCUT2D eigenvalue weighted by Crippen LogP contribution is -2.26. The van der Waals surface area contributed by atoms with Crippen LogP contribution >= 0.6 is 11.3 Å². The molecule has 2 N–H and O–H groups in total. The molecule has 1 aromatic heterocycles. The molecule has 1 fully saturated rings.